The van der Waals surface area contributed by atoms with Gasteiger partial charge in [-0.15, -0.1) is 0 Å². The van der Waals surface area contributed by atoms with Crippen molar-refractivity contribution < 1.29 is 0 Å². The van der Waals surface area contributed by atoms with Gasteiger partial charge in [-0.05, 0) is 80.3 Å². The molecule has 0 fully saturated rings. The van der Waals surface area contributed by atoms with Crippen LogP contribution in [0.25, 0.3) is 33.2 Å². The van der Waals surface area contributed by atoms with Crippen molar-refractivity contribution in [2.24, 2.45) is 0 Å². The molecule has 0 saturated carbocycles. The van der Waals surface area contributed by atoms with E-state index >= 15 is 0 Å². The second kappa shape index (κ2) is 6.39. The minimum absolute atomic E-state index is 0.567. The average molecular weight is 348 g/mol. The first kappa shape index (κ1) is 16.3. The molecule has 1 aliphatic carbocycles. The molecule has 0 aromatic heterocycles. The van der Waals surface area contributed by atoms with Gasteiger partial charge in [0, 0.05) is 0 Å². The van der Waals surface area contributed by atoms with Crippen LogP contribution in [0, 0.1) is 0 Å². The fourth-order valence-corrected chi connectivity index (χ4v) is 4.44. The van der Waals surface area contributed by atoms with E-state index in [0.717, 1.165) is 12.8 Å². The Balaban J connectivity index is 1.78. The monoisotopic (exact) mass is 348 g/mol. The van der Waals surface area contributed by atoms with Crippen LogP contribution < -0.4 is 0 Å². The maximum absolute atomic E-state index is 2.40. The first-order chi connectivity index (χ1) is 13.2. The molecule has 0 radical (unpaired) electrons. The van der Waals surface area contributed by atoms with Crippen molar-refractivity contribution in [2.45, 2.75) is 32.6 Å². The number of benzene rings is 4. The summed E-state index contributed by atoms with van der Waals surface area (Å²) in [6.07, 6.45) is 4.57. The molecule has 27 heavy (non-hydrogen) atoms. The summed E-state index contributed by atoms with van der Waals surface area (Å²) in [5.74, 6) is 0.567. The predicted octanol–water partition coefficient (Wildman–Crippen LogP) is 7.60. The van der Waals surface area contributed by atoms with Gasteiger partial charge in [-0.1, -0.05) is 80.6 Å². The highest BCUT2D eigenvalue weighted by molar-refractivity contribution is 6.07. The molecule has 1 aliphatic rings. The van der Waals surface area contributed by atoms with Crippen molar-refractivity contribution in [1.29, 1.82) is 0 Å². The Hall–Kier alpha value is -2.86. The molecular formula is C27H24. The van der Waals surface area contributed by atoms with Crippen LogP contribution in [-0.4, -0.2) is 0 Å². The van der Waals surface area contributed by atoms with E-state index < -0.39 is 0 Å². The van der Waals surface area contributed by atoms with Gasteiger partial charge in [0.05, 0.1) is 0 Å². The smallest absolute Gasteiger partial charge is 0.00135 e. The summed E-state index contributed by atoms with van der Waals surface area (Å²) >= 11 is 0. The van der Waals surface area contributed by atoms with Gasteiger partial charge in [0.25, 0.3) is 0 Å². The summed E-state index contributed by atoms with van der Waals surface area (Å²) in [6, 6.07) is 27.0. The Labute approximate surface area is 161 Å². The molecule has 132 valence electrons. The van der Waals surface area contributed by atoms with E-state index in [9.17, 15) is 0 Å². The Kier molecular flexibility index (Phi) is 3.86. The van der Waals surface area contributed by atoms with Crippen LogP contribution in [0.1, 0.15) is 48.4 Å². The Morgan fingerprint density at radius 1 is 0.815 bits per heavy atom. The van der Waals surface area contributed by atoms with Gasteiger partial charge in [-0.3, -0.25) is 0 Å². The molecule has 1 unspecified atom stereocenters. The second-order valence-corrected chi connectivity index (χ2v) is 7.80. The zero-order valence-corrected chi connectivity index (χ0v) is 16.0. The van der Waals surface area contributed by atoms with Gasteiger partial charge < -0.3 is 0 Å². The van der Waals surface area contributed by atoms with Crippen LogP contribution in [0.3, 0.4) is 0 Å². The average Bonchev–Trinajstić information content (AvgIpc) is 3.15. The fraction of sp³-hybridized carbons (Fsp3) is 0.185. The summed E-state index contributed by atoms with van der Waals surface area (Å²) < 4.78 is 0. The van der Waals surface area contributed by atoms with Crippen LogP contribution in [0.4, 0.5) is 0 Å². The number of allylic oxidation sites excluding steroid dienone is 1. The van der Waals surface area contributed by atoms with E-state index in [1.807, 2.05) is 0 Å². The standard InChI is InChI=1S/C27H24/c1-3-18(2)24-12-13-25(23-14-19-8-4-5-9-20(19)15-23)27-17-22-11-7-6-10-21(22)16-26(24)27/h4-14,16-18H,3,15H2,1-2H3. The third-order valence-electron chi connectivity index (χ3n) is 6.17. The van der Waals surface area contributed by atoms with Crippen LogP contribution in [0.15, 0.2) is 72.8 Å². The Morgan fingerprint density at radius 3 is 2.26 bits per heavy atom. The molecule has 0 heteroatoms. The van der Waals surface area contributed by atoms with Gasteiger partial charge in [0.1, 0.15) is 0 Å². The van der Waals surface area contributed by atoms with Gasteiger partial charge in [0.2, 0.25) is 0 Å². The minimum Gasteiger partial charge on any atom is -0.0648 e. The maximum atomic E-state index is 2.40. The zero-order valence-electron chi connectivity index (χ0n) is 16.0. The van der Waals surface area contributed by atoms with Crippen LogP contribution in [-0.2, 0) is 6.42 Å². The molecule has 0 nitrogen and oxygen atoms in total. The van der Waals surface area contributed by atoms with E-state index in [4.69, 9.17) is 0 Å². The quantitative estimate of drug-likeness (QED) is 0.334. The summed E-state index contributed by atoms with van der Waals surface area (Å²) in [4.78, 5) is 0. The van der Waals surface area contributed by atoms with E-state index in [1.165, 1.54) is 49.4 Å². The summed E-state index contributed by atoms with van der Waals surface area (Å²) in [5.41, 5.74) is 7.10. The molecule has 0 heterocycles. The van der Waals surface area contributed by atoms with Crippen molar-refractivity contribution in [3.05, 3.63) is 95.1 Å². The number of hydrogen-bond donors (Lipinski definition) is 0. The highest BCUT2D eigenvalue weighted by Gasteiger charge is 2.18. The van der Waals surface area contributed by atoms with Gasteiger partial charge in [-0.2, -0.15) is 0 Å². The molecule has 0 spiro atoms. The normalized spacial score (nSPS) is 14.4. The van der Waals surface area contributed by atoms with Crippen LogP contribution >= 0.6 is 0 Å². The number of hydrogen-bond acceptors (Lipinski definition) is 0. The summed E-state index contributed by atoms with van der Waals surface area (Å²) in [7, 11) is 0. The van der Waals surface area contributed by atoms with Crippen LogP contribution in [0.2, 0.25) is 0 Å². The third kappa shape index (κ3) is 2.68. The highest BCUT2D eigenvalue weighted by atomic mass is 14.2. The van der Waals surface area contributed by atoms with Crippen molar-refractivity contribution in [1.82, 2.24) is 0 Å². The molecule has 0 N–H and O–H groups in total. The summed E-state index contributed by atoms with van der Waals surface area (Å²) in [6.45, 7) is 4.62. The molecule has 0 bridgehead atoms. The lowest BCUT2D eigenvalue weighted by Crippen LogP contribution is -1.96. The van der Waals surface area contributed by atoms with E-state index in [-0.39, 0.29) is 0 Å². The third-order valence-corrected chi connectivity index (χ3v) is 6.17. The molecule has 0 saturated heterocycles. The Bertz CT molecular complexity index is 1190. The van der Waals surface area contributed by atoms with Crippen molar-refractivity contribution in [2.75, 3.05) is 0 Å². The largest absolute Gasteiger partial charge is 0.0648 e. The number of fused-ring (bicyclic) bond motifs is 3. The molecule has 5 rings (SSSR count). The van der Waals surface area contributed by atoms with Crippen LogP contribution in [0.5, 0.6) is 0 Å². The van der Waals surface area contributed by atoms with Crippen molar-refractivity contribution in [3.8, 4) is 0 Å². The molecule has 4 aromatic carbocycles. The zero-order chi connectivity index (χ0) is 18.4. The molecule has 4 aromatic rings. The van der Waals surface area contributed by atoms with E-state index in [2.05, 4.69) is 92.7 Å². The lowest BCUT2D eigenvalue weighted by atomic mass is 9.87. The lowest BCUT2D eigenvalue weighted by molar-refractivity contribution is 0.739. The van der Waals surface area contributed by atoms with E-state index in [0.29, 0.717) is 5.92 Å². The SMILES string of the molecule is CCC(C)c1ccc(C2=Cc3ccccc3C2)c2cc3ccccc3cc12. The molecule has 0 aliphatic heterocycles. The first-order valence-corrected chi connectivity index (χ1v) is 9.99. The van der Waals surface area contributed by atoms with E-state index in [1.54, 1.807) is 0 Å². The predicted molar refractivity (Wildman–Crippen MR) is 118 cm³/mol. The first-order valence-electron chi connectivity index (χ1n) is 9.99. The summed E-state index contributed by atoms with van der Waals surface area (Å²) in [5, 5.41) is 5.46. The van der Waals surface area contributed by atoms with Crippen molar-refractivity contribution >= 4 is 33.2 Å². The molecule has 0 amide bonds. The van der Waals surface area contributed by atoms with Gasteiger partial charge >= 0.3 is 0 Å². The molecule has 1 atom stereocenters. The fourth-order valence-electron chi connectivity index (χ4n) is 4.44. The second-order valence-electron chi connectivity index (χ2n) is 7.80. The topological polar surface area (TPSA) is 0 Å². The maximum Gasteiger partial charge on any atom is -0.00135 e. The number of rotatable bonds is 3. The molecular weight excluding hydrogens is 324 g/mol. The minimum atomic E-state index is 0.567. The van der Waals surface area contributed by atoms with Gasteiger partial charge in [-0.25, -0.2) is 0 Å². The Morgan fingerprint density at radius 2 is 1.52 bits per heavy atom. The van der Waals surface area contributed by atoms with Gasteiger partial charge in [0.15, 0.2) is 0 Å². The van der Waals surface area contributed by atoms with Crippen molar-refractivity contribution in [3.63, 3.8) is 0 Å². The highest BCUT2D eigenvalue weighted by Crippen LogP contribution is 2.39. The lowest BCUT2D eigenvalue weighted by Gasteiger charge is -2.17.